The largest absolute Gasteiger partial charge is 0.573 e. The minimum Gasteiger partial charge on any atom is -0.485 e. The molecule has 0 bridgehead atoms. The van der Waals surface area contributed by atoms with Gasteiger partial charge in [-0.3, -0.25) is 4.79 Å². The van der Waals surface area contributed by atoms with Gasteiger partial charge in [-0.1, -0.05) is 17.3 Å². The van der Waals surface area contributed by atoms with E-state index in [1.54, 1.807) is 31.2 Å². The van der Waals surface area contributed by atoms with Gasteiger partial charge in [-0.05, 0) is 42.0 Å². The van der Waals surface area contributed by atoms with E-state index >= 15 is 0 Å². The molecule has 1 N–H and O–H groups in total. The van der Waals surface area contributed by atoms with Crippen LogP contribution in [0.15, 0.2) is 53.1 Å². The Bertz CT molecular complexity index is 954. The van der Waals surface area contributed by atoms with E-state index in [1.807, 2.05) is 0 Å². The molecule has 3 aromatic rings. The molecule has 1 amide bonds. The smallest absolute Gasteiger partial charge is 0.485 e. The third-order valence-electron chi connectivity index (χ3n) is 3.66. The molecule has 29 heavy (non-hydrogen) atoms. The molecule has 1 heterocycles. The summed E-state index contributed by atoms with van der Waals surface area (Å²) in [5.74, 6) is 0.735. The molecule has 0 aliphatic heterocycles. The summed E-state index contributed by atoms with van der Waals surface area (Å²) in [6.07, 6.45) is -4.74. The molecule has 10 heteroatoms. The third-order valence-corrected chi connectivity index (χ3v) is 3.66. The molecule has 2 aromatic carbocycles. The lowest BCUT2D eigenvalue weighted by atomic mass is 10.2. The van der Waals surface area contributed by atoms with Gasteiger partial charge in [0.15, 0.2) is 6.61 Å². The van der Waals surface area contributed by atoms with Gasteiger partial charge in [0, 0.05) is 19.0 Å². The number of benzene rings is 2. The van der Waals surface area contributed by atoms with Crippen LogP contribution in [0.2, 0.25) is 0 Å². The lowest BCUT2D eigenvalue weighted by Crippen LogP contribution is -2.22. The fraction of sp³-hybridized carbons (Fsp3) is 0.211. The van der Waals surface area contributed by atoms with Crippen molar-refractivity contribution in [1.29, 1.82) is 0 Å². The molecular formula is C19H16F3N3O4. The average molecular weight is 407 g/mol. The van der Waals surface area contributed by atoms with Crippen LogP contribution in [0.25, 0.3) is 0 Å². The van der Waals surface area contributed by atoms with E-state index < -0.39 is 6.36 Å². The number of nitrogens with zero attached hydrogens (tertiary/aromatic N) is 2. The van der Waals surface area contributed by atoms with Gasteiger partial charge in [0.2, 0.25) is 11.7 Å². The standard InChI is InChI=1S/C19H16F3N3O4/c1-12-24-17(25-29-12)11-27-15-8-4-14(5-9-15)18(26)23-10-13-2-6-16(7-3-13)28-19(20,21)22/h2-9H,10-11H2,1H3,(H,23,26). The van der Waals surface area contributed by atoms with Crippen LogP contribution in [-0.4, -0.2) is 22.4 Å². The zero-order valence-electron chi connectivity index (χ0n) is 15.2. The number of rotatable bonds is 7. The molecule has 0 fully saturated rings. The second-order valence-electron chi connectivity index (χ2n) is 5.92. The SMILES string of the molecule is Cc1nc(COc2ccc(C(=O)NCc3ccc(OC(F)(F)F)cc3)cc2)no1. The van der Waals surface area contributed by atoms with E-state index in [4.69, 9.17) is 9.26 Å². The molecule has 0 saturated carbocycles. The highest BCUT2D eigenvalue weighted by Crippen LogP contribution is 2.22. The molecule has 0 saturated heterocycles. The van der Waals surface area contributed by atoms with E-state index in [-0.39, 0.29) is 24.8 Å². The van der Waals surface area contributed by atoms with Crippen LogP contribution in [0.4, 0.5) is 13.2 Å². The first-order valence-corrected chi connectivity index (χ1v) is 8.43. The number of alkyl halides is 3. The van der Waals surface area contributed by atoms with Crippen LogP contribution in [0.1, 0.15) is 27.6 Å². The fourth-order valence-electron chi connectivity index (χ4n) is 2.34. The van der Waals surface area contributed by atoms with Gasteiger partial charge in [0.25, 0.3) is 5.91 Å². The summed E-state index contributed by atoms with van der Waals surface area (Å²) in [7, 11) is 0. The Morgan fingerprint density at radius 3 is 2.31 bits per heavy atom. The first-order chi connectivity index (χ1) is 13.8. The van der Waals surface area contributed by atoms with Crippen LogP contribution >= 0.6 is 0 Å². The molecule has 0 aliphatic carbocycles. The van der Waals surface area contributed by atoms with Crippen LogP contribution < -0.4 is 14.8 Å². The Morgan fingerprint density at radius 1 is 1.07 bits per heavy atom. The predicted molar refractivity (Wildman–Crippen MR) is 94.1 cm³/mol. The summed E-state index contributed by atoms with van der Waals surface area (Å²) in [6, 6.07) is 11.7. The third kappa shape index (κ3) is 6.23. The number of carbonyl (C=O) groups excluding carboxylic acids is 1. The molecule has 1 aromatic heterocycles. The quantitative estimate of drug-likeness (QED) is 0.641. The molecule has 0 radical (unpaired) electrons. The summed E-state index contributed by atoms with van der Waals surface area (Å²) in [6.45, 7) is 1.96. The number of halogens is 3. The zero-order chi connectivity index (χ0) is 20.9. The van der Waals surface area contributed by atoms with E-state index in [0.717, 1.165) is 0 Å². The number of hydrogen-bond donors (Lipinski definition) is 1. The minimum atomic E-state index is -4.74. The van der Waals surface area contributed by atoms with Crippen LogP contribution in [-0.2, 0) is 13.2 Å². The van der Waals surface area contributed by atoms with Crippen LogP contribution in [0.5, 0.6) is 11.5 Å². The van der Waals surface area contributed by atoms with Crippen molar-refractivity contribution in [3.05, 3.63) is 71.4 Å². The number of hydrogen-bond acceptors (Lipinski definition) is 6. The first-order valence-electron chi connectivity index (χ1n) is 8.43. The summed E-state index contributed by atoms with van der Waals surface area (Å²) >= 11 is 0. The van der Waals surface area contributed by atoms with E-state index in [0.29, 0.717) is 28.6 Å². The van der Waals surface area contributed by atoms with Crippen molar-refractivity contribution in [2.45, 2.75) is 26.4 Å². The van der Waals surface area contributed by atoms with Gasteiger partial charge in [-0.2, -0.15) is 4.98 Å². The number of carbonyl (C=O) groups is 1. The normalized spacial score (nSPS) is 11.2. The van der Waals surface area contributed by atoms with Gasteiger partial charge in [0.1, 0.15) is 11.5 Å². The maximum Gasteiger partial charge on any atom is 0.573 e. The molecule has 0 atom stereocenters. The van der Waals surface area contributed by atoms with Crippen molar-refractivity contribution in [2.75, 3.05) is 0 Å². The Labute approximate surface area is 163 Å². The summed E-state index contributed by atoms with van der Waals surface area (Å²) in [5.41, 5.74) is 1.04. The Morgan fingerprint density at radius 2 is 1.72 bits per heavy atom. The zero-order valence-corrected chi connectivity index (χ0v) is 15.2. The summed E-state index contributed by atoms with van der Waals surface area (Å²) in [4.78, 5) is 16.2. The van der Waals surface area contributed by atoms with Crippen molar-refractivity contribution in [2.24, 2.45) is 0 Å². The van der Waals surface area contributed by atoms with Gasteiger partial charge < -0.3 is 19.3 Å². The number of aromatic nitrogens is 2. The molecule has 0 aliphatic rings. The second-order valence-corrected chi connectivity index (χ2v) is 5.92. The van der Waals surface area contributed by atoms with Crippen molar-refractivity contribution in [1.82, 2.24) is 15.5 Å². The highest BCUT2D eigenvalue weighted by molar-refractivity contribution is 5.94. The maximum absolute atomic E-state index is 12.2. The monoisotopic (exact) mass is 407 g/mol. The van der Waals surface area contributed by atoms with Crippen LogP contribution in [0, 0.1) is 6.92 Å². The lowest BCUT2D eigenvalue weighted by molar-refractivity contribution is -0.274. The number of amides is 1. The van der Waals surface area contributed by atoms with E-state index in [9.17, 15) is 18.0 Å². The summed E-state index contributed by atoms with van der Waals surface area (Å²) in [5, 5.41) is 6.40. The van der Waals surface area contributed by atoms with Crippen LogP contribution in [0.3, 0.4) is 0 Å². The molecule has 152 valence electrons. The van der Waals surface area contributed by atoms with Gasteiger partial charge in [0.05, 0.1) is 0 Å². The molecule has 7 nitrogen and oxygen atoms in total. The maximum atomic E-state index is 12.2. The van der Waals surface area contributed by atoms with Gasteiger partial charge in [-0.25, -0.2) is 0 Å². The number of nitrogens with one attached hydrogen (secondary N) is 1. The molecule has 0 spiro atoms. The van der Waals surface area contributed by atoms with E-state index in [1.165, 1.54) is 24.3 Å². The van der Waals surface area contributed by atoms with Crippen molar-refractivity contribution >= 4 is 5.91 Å². The van der Waals surface area contributed by atoms with Crippen molar-refractivity contribution in [3.8, 4) is 11.5 Å². The second kappa shape index (κ2) is 8.63. The molecule has 0 unspecified atom stereocenters. The van der Waals surface area contributed by atoms with Gasteiger partial charge >= 0.3 is 6.36 Å². The Kier molecular flexibility index (Phi) is 6.01. The predicted octanol–water partition coefficient (Wildman–Crippen LogP) is 3.79. The molecule has 3 rings (SSSR count). The fourth-order valence-corrected chi connectivity index (χ4v) is 2.34. The Balaban J connectivity index is 1.49. The minimum absolute atomic E-state index is 0.136. The lowest BCUT2D eigenvalue weighted by Gasteiger charge is -2.10. The average Bonchev–Trinajstić information content (AvgIpc) is 3.10. The molecular weight excluding hydrogens is 391 g/mol. The Hall–Kier alpha value is -3.56. The van der Waals surface area contributed by atoms with Crippen molar-refractivity contribution in [3.63, 3.8) is 0 Å². The first kappa shape index (κ1) is 20.2. The number of ether oxygens (including phenoxy) is 2. The highest BCUT2D eigenvalue weighted by Gasteiger charge is 2.30. The topological polar surface area (TPSA) is 86.5 Å². The number of aryl methyl sites for hydroxylation is 1. The van der Waals surface area contributed by atoms with Crippen molar-refractivity contribution < 1.29 is 32.0 Å². The summed E-state index contributed by atoms with van der Waals surface area (Å²) < 4.78 is 50.6. The van der Waals surface area contributed by atoms with Gasteiger partial charge in [-0.15, -0.1) is 13.2 Å². The highest BCUT2D eigenvalue weighted by atomic mass is 19.4. The van der Waals surface area contributed by atoms with E-state index in [2.05, 4.69) is 20.2 Å².